The van der Waals surface area contributed by atoms with E-state index in [1.807, 2.05) is 0 Å². The van der Waals surface area contributed by atoms with Crippen LogP contribution in [-0.2, 0) is 0 Å². The molecule has 1 aromatic heterocycles. The summed E-state index contributed by atoms with van der Waals surface area (Å²) >= 11 is 0. The van der Waals surface area contributed by atoms with Crippen molar-refractivity contribution < 1.29 is 4.57 Å². The fraction of sp³-hybridized carbons (Fsp3) is 0.0938. The molecule has 0 amide bonds. The van der Waals surface area contributed by atoms with Crippen LogP contribution in [0, 0.1) is 6.92 Å². The summed E-state index contributed by atoms with van der Waals surface area (Å²) in [5.41, 5.74) is 8.65. The molecule has 34 heavy (non-hydrogen) atoms. The van der Waals surface area contributed by atoms with Crippen molar-refractivity contribution >= 4 is 38.3 Å². The highest BCUT2D eigenvalue weighted by Gasteiger charge is 2.25. The molecule has 1 heterocycles. The topological polar surface area (TPSA) is 7.12 Å². The standard InChI is InChI=1S/C32H27N2/c1-22-11-9-18-30-31(22)32(27-17-10-13-23-12-7-8-16-26(23)27)28-21-25(33(2)3)19-20-29(28)34(30)24-14-5-4-6-15-24/h4-21H,1-3H3/q+1. The number of fused-ring (bicyclic) bond motifs is 3. The predicted octanol–water partition coefficient (Wildman–Crippen LogP) is 7.46. The minimum Gasteiger partial charge on any atom is -0.378 e. The second-order valence-corrected chi connectivity index (χ2v) is 9.14. The monoisotopic (exact) mass is 439 g/mol. The Kier molecular flexibility index (Phi) is 4.81. The maximum Gasteiger partial charge on any atom is 0.219 e. The van der Waals surface area contributed by atoms with Gasteiger partial charge in [0.2, 0.25) is 16.7 Å². The van der Waals surface area contributed by atoms with Gasteiger partial charge in [-0.05, 0) is 41.0 Å². The molecule has 0 radical (unpaired) electrons. The summed E-state index contributed by atoms with van der Waals surface area (Å²) < 4.78 is 2.41. The Balaban J connectivity index is 1.89. The lowest BCUT2D eigenvalue weighted by Crippen LogP contribution is -2.33. The van der Waals surface area contributed by atoms with E-state index in [-0.39, 0.29) is 0 Å². The third-order valence-corrected chi connectivity index (χ3v) is 6.82. The Morgan fingerprint density at radius 3 is 2.18 bits per heavy atom. The van der Waals surface area contributed by atoms with E-state index in [9.17, 15) is 0 Å². The molecule has 0 atom stereocenters. The average Bonchev–Trinajstić information content (AvgIpc) is 2.87. The molecular weight excluding hydrogens is 412 g/mol. The van der Waals surface area contributed by atoms with Gasteiger partial charge in [-0.25, -0.2) is 0 Å². The van der Waals surface area contributed by atoms with Crippen LogP contribution in [0.4, 0.5) is 5.69 Å². The lowest BCUT2D eigenvalue weighted by molar-refractivity contribution is -0.537. The van der Waals surface area contributed by atoms with Crippen LogP contribution in [0.2, 0.25) is 0 Å². The Labute approximate surface area is 200 Å². The molecule has 0 saturated carbocycles. The van der Waals surface area contributed by atoms with E-state index in [2.05, 4.69) is 140 Å². The molecule has 0 aliphatic carbocycles. The Morgan fingerprint density at radius 2 is 1.35 bits per heavy atom. The van der Waals surface area contributed by atoms with Gasteiger partial charge in [-0.2, -0.15) is 4.57 Å². The number of pyridine rings is 1. The summed E-state index contributed by atoms with van der Waals surface area (Å²) in [6, 6.07) is 39.5. The van der Waals surface area contributed by atoms with E-state index in [1.54, 1.807) is 0 Å². The largest absolute Gasteiger partial charge is 0.378 e. The number of hydrogen-bond acceptors (Lipinski definition) is 1. The summed E-state index contributed by atoms with van der Waals surface area (Å²) in [6.07, 6.45) is 0. The maximum atomic E-state index is 2.41. The SMILES string of the molecule is Cc1cccc2c1c(-c1cccc3ccccc13)c1cc(N(C)C)ccc1[n+]2-c1ccccc1. The van der Waals surface area contributed by atoms with Gasteiger partial charge in [0.15, 0.2) is 0 Å². The maximum absolute atomic E-state index is 2.41. The fourth-order valence-corrected chi connectivity index (χ4v) is 5.20. The molecule has 2 nitrogen and oxygen atoms in total. The molecule has 6 aromatic rings. The minimum absolute atomic E-state index is 1.17. The summed E-state index contributed by atoms with van der Waals surface area (Å²) in [7, 11) is 4.21. The van der Waals surface area contributed by atoms with Crippen molar-refractivity contribution in [2.75, 3.05) is 19.0 Å². The van der Waals surface area contributed by atoms with Gasteiger partial charge in [-0.1, -0.05) is 72.8 Å². The van der Waals surface area contributed by atoms with E-state index in [0.717, 1.165) is 0 Å². The zero-order valence-electron chi connectivity index (χ0n) is 19.8. The number of aromatic nitrogens is 1. The molecule has 0 aliphatic rings. The number of aryl methyl sites for hydroxylation is 1. The molecular formula is C32H27N2+. The molecule has 0 aliphatic heterocycles. The van der Waals surface area contributed by atoms with E-state index >= 15 is 0 Å². The zero-order chi connectivity index (χ0) is 23.2. The van der Waals surface area contributed by atoms with Crippen molar-refractivity contribution in [1.29, 1.82) is 0 Å². The number of anilines is 1. The number of para-hydroxylation sites is 1. The second-order valence-electron chi connectivity index (χ2n) is 9.14. The first-order valence-corrected chi connectivity index (χ1v) is 11.8. The molecule has 0 N–H and O–H groups in total. The first kappa shape index (κ1) is 20.4. The summed E-state index contributed by atoms with van der Waals surface area (Å²) in [4.78, 5) is 2.18. The lowest BCUT2D eigenvalue weighted by atomic mass is 9.90. The molecule has 2 heteroatoms. The zero-order valence-corrected chi connectivity index (χ0v) is 19.8. The van der Waals surface area contributed by atoms with Crippen LogP contribution in [0.25, 0.3) is 49.4 Å². The normalized spacial score (nSPS) is 11.4. The Bertz CT molecular complexity index is 1680. The molecule has 0 spiro atoms. The fourth-order valence-electron chi connectivity index (χ4n) is 5.20. The van der Waals surface area contributed by atoms with Gasteiger partial charge in [-0.3, -0.25) is 0 Å². The van der Waals surface area contributed by atoms with Crippen molar-refractivity contribution in [2.45, 2.75) is 6.92 Å². The predicted molar refractivity (Wildman–Crippen MR) is 145 cm³/mol. The molecule has 0 unspecified atom stereocenters. The number of hydrogen-bond donors (Lipinski definition) is 0. The Hall–Kier alpha value is -4.17. The number of benzene rings is 5. The first-order chi connectivity index (χ1) is 16.6. The van der Waals surface area contributed by atoms with Crippen molar-refractivity contribution in [3.63, 3.8) is 0 Å². The summed E-state index contributed by atoms with van der Waals surface area (Å²) in [5, 5.41) is 5.10. The van der Waals surface area contributed by atoms with E-state index in [0.29, 0.717) is 0 Å². The van der Waals surface area contributed by atoms with Gasteiger partial charge >= 0.3 is 0 Å². The molecule has 6 rings (SSSR count). The summed E-state index contributed by atoms with van der Waals surface area (Å²) in [6.45, 7) is 2.23. The third-order valence-electron chi connectivity index (χ3n) is 6.82. The molecule has 0 bridgehead atoms. The van der Waals surface area contributed by atoms with Gasteiger partial charge in [0.1, 0.15) is 0 Å². The van der Waals surface area contributed by atoms with Crippen LogP contribution in [0.3, 0.4) is 0 Å². The second kappa shape index (κ2) is 8.00. The average molecular weight is 440 g/mol. The highest BCUT2D eigenvalue weighted by molar-refractivity contribution is 6.14. The molecule has 164 valence electrons. The summed E-state index contributed by atoms with van der Waals surface area (Å²) in [5.74, 6) is 0. The third kappa shape index (κ3) is 3.14. The van der Waals surface area contributed by atoms with Crippen molar-refractivity contribution in [2.24, 2.45) is 0 Å². The minimum atomic E-state index is 1.17. The highest BCUT2D eigenvalue weighted by atomic mass is 15.1. The van der Waals surface area contributed by atoms with E-state index < -0.39 is 0 Å². The molecule has 0 saturated heterocycles. The lowest BCUT2D eigenvalue weighted by Gasteiger charge is -2.18. The van der Waals surface area contributed by atoms with Crippen LogP contribution in [0.1, 0.15) is 5.56 Å². The molecule has 5 aromatic carbocycles. The quantitative estimate of drug-likeness (QED) is 0.205. The van der Waals surface area contributed by atoms with Crippen LogP contribution in [0.15, 0.2) is 109 Å². The van der Waals surface area contributed by atoms with Gasteiger partial charge in [0.05, 0.1) is 10.8 Å². The Morgan fingerprint density at radius 1 is 0.618 bits per heavy atom. The number of rotatable bonds is 3. The van der Waals surface area contributed by atoms with Gasteiger partial charge in [0, 0.05) is 49.6 Å². The van der Waals surface area contributed by atoms with Gasteiger partial charge in [0.25, 0.3) is 0 Å². The van der Waals surface area contributed by atoms with Gasteiger partial charge < -0.3 is 4.90 Å². The van der Waals surface area contributed by atoms with Crippen molar-refractivity contribution in [3.8, 4) is 16.8 Å². The highest BCUT2D eigenvalue weighted by Crippen LogP contribution is 2.40. The molecule has 0 fully saturated rings. The van der Waals surface area contributed by atoms with Crippen LogP contribution >= 0.6 is 0 Å². The van der Waals surface area contributed by atoms with Gasteiger partial charge in [-0.15, -0.1) is 0 Å². The first-order valence-electron chi connectivity index (χ1n) is 11.8. The van der Waals surface area contributed by atoms with Crippen molar-refractivity contribution in [3.05, 3.63) is 115 Å². The van der Waals surface area contributed by atoms with E-state index in [1.165, 1.54) is 60.6 Å². The smallest absolute Gasteiger partial charge is 0.219 e. The van der Waals surface area contributed by atoms with Crippen LogP contribution in [0.5, 0.6) is 0 Å². The van der Waals surface area contributed by atoms with Crippen LogP contribution < -0.4 is 9.47 Å². The van der Waals surface area contributed by atoms with Crippen LogP contribution in [-0.4, -0.2) is 14.1 Å². The number of nitrogens with zero attached hydrogens (tertiary/aromatic N) is 2. The van der Waals surface area contributed by atoms with E-state index in [4.69, 9.17) is 0 Å². The van der Waals surface area contributed by atoms with Crippen molar-refractivity contribution in [1.82, 2.24) is 0 Å².